The molecule has 28 heavy (non-hydrogen) atoms. The Bertz CT molecular complexity index is 827. The minimum Gasteiger partial charge on any atom is -0.467 e. The lowest BCUT2D eigenvalue weighted by Gasteiger charge is -2.36. The number of benzene rings is 1. The van der Waals surface area contributed by atoms with Crippen LogP contribution in [0.25, 0.3) is 0 Å². The van der Waals surface area contributed by atoms with E-state index in [1.54, 1.807) is 35.1 Å². The number of amides is 2. The molecule has 2 atom stereocenters. The first kappa shape index (κ1) is 20.5. The number of carbonyl (C=O) groups is 2. The molecule has 2 aromatic rings. The number of esters is 1. The highest BCUT2D eigenvalue weighted by Crippen LogP contribution is 2.33. The number of hydrogen-bond acceptors (Lipinski definition) is 5. The van der Waals surface area contributed by atoms with Gasteiger partial charge in [0, 0.05) is 23.7 Å². The highest BCUT2D eigenvalue weighted by molar-refractivity contribution is 7.98. The highest BCUT2D eigenvalue weighted by atomic mass is 35.5. The number of thioether (sulfide) groups is 1. The van der Waals surface area contributed by atoms with Crippen LogP contribution in [0.4, 0.5) is 4.79 Å². The second kappa shape index (κ2) is 9.34. The summed E-state index contributed by atoms with van der Waals surface area (Å²) < 4.78 is 4.85. The Balaban J connectivity index is 1.86. The van der Waals surface area contributed by atoms with Gasteiger partial charge >= 0.3 is 12.0 Å². The number of nitrogens with one attached hydrogen (secondary N) is 2. The molecule has 0 radical (unpaired) electrons. The molecule has 1 aliphatic rings. The largest absolute Gasteiger partial charge is 0.467 e. The van der Waals surface area contributed by atoms with Gasteiger partial charge in [-0.15, -0.1) is 0 Å². The summed E-state index contributed by atoms with van der Waals surface area (Å²) in [6, 6.07) is 6.02. The Morgan fingerprint density at radius 2 is 2.18 bits per heavy atom. The molecule has 0 unspecified atom stereocenters. The van der Waals surface area contributed by atoms with Gasteiger partial charge in [0.2, 0.25) is 0 Å². The molecule has 3 rings (SSSR count). The number of methoxy groups -OCH3 is 1. The monoisotopic (exact) mass is 422 g/mol. The summed E-state index contributed by atoms with van der Waals surface area (Å²) in [6.45, 7) is 0.505. The molecule has 0 spiro atoms. The first-order chi connectivity index (χ1) is 13.5. The summed E-state index contributed by atoms with van der Waals surface area (Å²) in [4.78, 5) is 34.5. The van der Waals surface area contributed by atoms with Crippen LogP contribution in [0.3, 0.4) is 0 Å². The molecular weight excluding hydrogens is 400 g/mol. The van der Waals surface area contributed by atoms with Crippen molar-refractivity contribution in [1.82, 2.24) is 20.2 Å². The van der Waals surface area contributed by atoms with E-state index >= 15 is 0 Å². The maximum absolute atomic E-state index is 13.1. The number of nitrogens with zero attached hydrogens (tertiary/aromatic N) is 2. The molecule has 0 fully saturated rings. The molecule has 2 heterocycles. The van der Waals surface area contributed by atoms with Crippen molar-refractivity contribution in [3.8, 4) is 0 Å². The van der Waals surface area contributed by atoms with Crippen molar-refractivity contribution in [2.75, 3.05) is 25.7 Å². The number of ether oxygens (including phenoxy) is 1. The van der Waals surface area contributed by atoms with Gasteiger partial charge in [0.15, 0.2) is 0 Å². The smallest absolute Gasteiger partial charge is 0.328 e. The predicted octanol–water partition coefficient (Wildman–Crippen LogP) is 3.01. The van der Waals surface area contributed by atoms with Crippen LogP contribution in [0, 0.1) is 0 Å². The van der Waals surface area contributed by atoms with Crippen molar-refractivity contribution in [2.24, 2.45) is 0 Å². The fraction of sp³-hybridized carbons (Fsp3) is 0.421. The third-order valence-corrected chi connectivity index (χ3v) is 5.66. The number of aromatic nitrogens is 2. The van der Waals surface area contributed by atoms with E-state index < -0.39 is 12.0 Å². The topological polar surface area (TPSA) is 87.3 Å². The summed E-state index contributed by atoms with van der Waals surface area (Å²) in [5, 5.41) is 3.47. The Hall–Kier alpha value is -2.19. The third-order valence-electron chi connectivity index (χ3n) is 4.77. The van der Waals surface area contributed by atoms with E-state index in [4.69, 9.17) is 16.3 Å². The lowest BCUT2D eigenvalue weighted by molar-refractivity contribution is -0.142. The van der Waals surface area contributed by atoms with E-state index in [-0.39, 0.29) is 12.1 Å². The van der Waals surface area contributed by atoms with Crippen LogP contribution in [0.2, 0.25) is 5.02 Å². The van der Waals surface area contributed by atoms with Gasteiger partial charge in [-0.3, -0.25) is 0 Å². The second-order valence-corrected chi connectivity index (χ2v) is 7.89. The van der Waals surface area contributed by atoms with Gasteiger partial charge < -0.3 is 19.9 Å². The van der Waals surface area contributed by atoms with Gasteiger partial charge in [-0.25, -0.2) is 14.6 Å². The van der Waals surface area contributed by atoms with Crippen LogP contribution in [-0.2, 0) is 16.0 Å². The Morgan fingerprint density at radius 3 is 2.86 bits per heavy atom. The predicted molar refractivity (Wildman–Crippen MR) is 110 cm³/mol. The fourth-order valence-electron chi connectivity index (χ4n) is 3.34. The van der Waals surface area contributed by atoms with E-state index in [1.807, 2.05) is 18.4 Å². The zero-order valence-electron chi connectivity index (χ0n) is 15.8. The number of fused-ring (bicyclic) bond motifs is 1. The second-order valence-electron chi connectivity index (χ2n) is 6.47. The molecular formula is C19H23ClN4O3S. The lowest BCUT2D eigenvalue weighted by atomic mass is 9.96. The van der Waals surface area contributed by atoms with Crippen molar-refractivity contribution in [3.63, 3.8) is 0 Å². The van der Waals surface area contributed by atoms with Crippen molar-refractivity contribution in [1.29, 1.82) is 0 Å². The first-order valence-electron chi connectivity index (χ1n) is 8.96. The van der Waals surface area contributed by atoms with Crippen LogP contribution >= 0.6 is 23.4 Å². The molecule has 2 N–H and O–H groups in total. The molecule has 150 valence electrons. The average molecular weight is 423 g/mol. The van der Waals surface area contributed by atoms with E-state index in [0.717, 1.165) is 22.7 Å². The molecule has 0 saturated carbocycles. The maximum Gasteiger partial charge on any atom is 0.328 e. The van der Waals surface area contributed by atoms with E-state index in [1.165, 1.54) is 7.11 Å². The van der Waals surface area contributed by atoms with Crippen LogP contribution in [0.15, 0.2) is 30.6 Å². The number of H-pyrrole nitrogens is 1. The minimum atomic E-state index is -0.684. The van der Waals surface area contributed by atoms with Gasteiger partial charge in [-0.05, 0) is 36.1 Å². The van der Waals surface area contributed by atoms with E-state index in [2.05, 4.69) is 15.3 Å². The quantitative estimate of drug-likeness (QED) is 0.699. The van der Waals surface area contributed by atoms with E-state index in [0.29, 0.717) is 24.4 Å². The zero-order valence-corrected chi connectivity index (χ0v) is 17.3. The molecule has 1 aromatic heterocycles. The number of halogens is 1. The molecule has 1 aromatic carbocycles. The molecule has 1 aliphatic heterocycles. The molecule has 2 amide bonds. The van der Waals surface area contributed by atoms with Crippen LogP contribution in [-0.4, -0.2) is 58.6 Å². The summed E-state index contributed by atoms with van der Waals surface area (Å²) in [5.74, 6) is 0.299. The average Bonchev–Trinajstić information content (AvgIpc) is 3.19. The number of carbonyl (C=O) groups excluding carboxylic acids is 2. The third kappa shape index (κ3) is 4.44. The van der Waals surface area contributed by atoms with E-state index in [9.17, 15) is 9.59 Å². The van der Waals surface area contributed by atoms with Crippen LogP contribution < -0.4 is 5.32 Å². The standard InChI is InChI=1S/C19H23ClN4O3S/c1-27-18(25)15(8-10-28-2)23-19(26)24-9-7-14-16(22-11-21-14)17(24)12-3-5-13(20)6-4-12/h3-6,11,15,17H,7-10H2,1-2H3,(H,21,22)(H,23,26)/t15-,17-/m1/s1. The first-order valence-corrected chi connectivity index (χ1v) is 10.7. The zero-order chi connectivity index (χ0) is 20.1. The fourth-order valence-corrected chi connectivity index (χ4v) is 3.93. The van der Waals surface area contributed by atoms with Gasteiger partial charge in [0.1, 0.15) is 12.1 Å². The number of urea groups is 1. The normalized spacial score (nSPS) is 17.0. The Labute approximate surface area is 173 Å². The van der Waals surface area contributed by atoms with Gasteiger partial charge in [0.25, 0.3) is 0 Å². The van der Waals surface area contributed by atoms with Crippen LogP contribution in [0.1, 0.15) is 29.4 Å². The van der Waals surface area contributed by atoms with Gasteiger partial charge in [0.05, 0.1) is 19.1 Å². The van der Waals surface area contributed by atoms with Crippen LogP contribution in [0.5, 0.6) is 0 Å². The number of aromatic amines is 1. The molecule has 9 heteroatoms. The lowest BCUT2D eigenvalue weighted by Crippen LogP contribution is -2.51. The minimum absolute atomic E-state index is 0.315. The molecule has 0 aliphatic carbocycles. The van der Waals surface area contributed by atoms with Crippen molar-refractivity contribution >= 4 is 35.4 Å². The maximum atomic E-state index is 13.1. The Kier molecular flexibility index (Phi) is 6.85. The summed E-state index contributed by atoms with van der Waals surface area (Å²) >= 11 is 7.64. The summed E-state index contributed by atoms with van der Waals surface area (Å²) in [6.07, 6.45) is 4.77. The van der Waals surface area contributed by atoms with Crippen molar-refractivity contribution in [2.45, 2.75) is 24.9 Å². The SMILES string of the molecule is COC(=O)[C@@H](CCSC)NC(=O)N1CCc2[nH]cnc2[C@H]1c1ccc(Cl)cc1. The summed E-state index contributed by atoms with van der Waals surface area (Å²) in [7, 11) is 1.33. The van der Waals surface area contributed by atoms with Crippen molar-refractivity contribution in [3.05, 3.63) is 52.6 Å². The van der Waals surface area contributed by atoms with Gasteiger partial charge in [-0.1, -0.05) is 23.7 Å². The van der Waals surface area contributed by atoms with Gasteiger partial charge in [-0.2, -0.15) is 11.8 Å². The number of rotatable bonds is 6. The molecule has 0 bridgehead atoms. The number of hydrogen-bond donors (Lipinski definition) is 2. The summed E-state index contributed by atoms with van der Waals surface area (Å²) in [5.41, 5.74) is 2.73. The molecule has 7 nitrogen and oxygen atoms in total. The molecule has 0 saturated heterocycles. The highest BCUT2D eigenvalue weighted by Gasteiger charge is 2.35. The Morgan fingerprint density at radius 1 is 1.43 bits per heavy atom. The van der Waals surface area contributed by atoms with Crippen molar-refractivity contribution < 1.29 is 14.3 Å². The number of imidazole rings is 1.